The number of pyridine rings is 1. The number of anilines is 2. The predicted octanol–water partition coefficient (Wildman–Crippen LogP) is 3.45. The molecule has 0 bridgehead atoms. The molecule has 1 aromatic carbocycles. The monoisotopic (exact) mass is 393 g/mol. The lowest BCUT2D eigenvalue weighted by atomic mass is 9.90. The summed E-state index contributed by atoms with van der Waals surface area (Å²) >= 11 is 0. The average molecular weight is 394 g/mol. The Labute approximate surface area is 172 Å². The van der Waals surface area contributed by atoms with Gasteiger partial charge in [0.05, 0.1) is 12.7 Å². The molecule has 5 nitrogen and oxygen atoms in total. The zero-order valence-electron chi connectivity index (χ0n) is 17.2. The molecule has 0 amide bonds. The van der Waals surface area contributed by atoms with Crippen molar-refractivity contribution in [2.45, 2.75) is 44.8 Å². The Morgan fingerprint density at radius 1 is 1.14 bits per heavy atom. The van der Waals surface area contributed by atoms with Crippen molar-refractivity contribution in [2.75, 3.05) is 36.0 Å². The summed E-state index contributed by atoms with van der Waals surface area (Å²) < 4.78 is 5.69. The van der Waals surface area contributed by atoms with Gasteiger partial charge in [-0.25, -0.2) is 0 Å². The van der Waals surface area contributed by atoms with Gasteiger partial charge in [0.2, 0.25) is 0 Å². The molecule has 1 saturated carbocycles. The Bertz CT molecular complexity index is 896. The molecule has 5 heteroatoms. The molecule has 1 N–H and O–H groups in total. The van der Waals surface area contributed by atoms with E-state index in [0.29, 0.717) is 12.6 Å². The lowest BCUT2D eigenvalue weighted by molar-refractivity contribution is 0.0532. The highest BCUT2D eigenvalue weighted by Crippen LogP contribution is 2.44. The van der Waals surface area contributed by atoms with Gasteiger partial charge in [-0.1, -0.05) is 36.8 Å². The largest absolute Gasteiger partial charge is 0.375 e. The van der Waals surface area contributed by atoms with E-state index in [1.807, 2.05) is 0 Å². The van der Waals surface area contributed by atoms with Gasteiger partial charge in [0.25, 0.3) is 5.56 Å². The molecule has 2 saturated heterocycles. The molecule has 3 fully saturated rings. The molecular weight excluding hydrogens is 362 g/mol. The number of H-pyrrole nitrogens is 1. The Kier molecular flexibility index (Phi) is 5.08. The third-order valence-corrected chi connectivity index (χ3v) is 7.06. The minimum atomic E-state index is -0.00725. The standard InChI is InChI=1S/C24H31N3O2/c1-17-15-26(10-11-29-17)20-13-23(25-24(28)14-20)27-16-19-8-5-9-21(19)22(27)12-18-6-3-2-4-7-18/h2-4,6-7,13-14,17,19,21-22H,5,8-12,15-16H2,1H3,(H,25,28)/t17-,19+,21+,22+/m1/s1. The number of nitrogens with one attached hydrogen (secondary N) is 1. The summed E-state index contributed by atoms with van der Waals surface area (Å²) in [6, 6.07) is 15.2. The summed E-state index contributed by atoms with van der Waals surface area (Å²) in [4.78, 5) is 20.5. The molecule has 2 aromatic rings. The summed E-state index contributed by atoms with van der Waals surface area (Å²) in [5.74, 6) is 2.46. The van der Waals surface area contributed by atoms with Crippen LogP contribution in [0.3, 0.4) is 0 Å². The highest BCUT2D eigenvalue weighted by Gasteiger charge is 2.44. The van der Waals surface area contributed by atoms with Crippen LogP contribution in [0.5, 0.6) is 0 Å². The normalized spacial score (nSPS) is 29.3. The van der Waals surface area contributed by atoms with Gasteiger partial charge in [-0.2, -0.15) is 0 Å². The summed E-state index contributed by atoms with van der Waals surface area (Å²) in [7, 11) is 0. The molecule has 3 heterocycles. The van der Waals surface area contributed by atoms with Gasteiger partial charge in [0.15, 0.2) is 0 Å². The fourth-order valence-electron chi connectivity index (χ4n) is 5.72. The van der Waals surface area contributed by atoms with Crippen LogP contribution in [0.2, 0.25) is 0 Å². The van der Waals surface area contributed by atoms with E-state index < -0.39 is 0 Å². The predicted molar refractivity (Wildman–Crippen MR) is 117 cm³/mol. The maximum absolute atomic E-state index is 12.6. The first-order valence-electron chi connectivity index (χ1n) is 11.1. The van der Waals surface area contributed by atoms with Gasteiger partial charge in [-0.05, 0) is 43.6 Å². The third-order valence-electron chi connectivity index (χ3n) is 7.06. The second kappa shape index (κ2) is 7.86. The van der Waals surface area contributed by atoms with E-state index >= 15 is 0 Å². The fourth-order valence-corrected chi connectivity index (χ4v) is 5.72. The zero-order chi connectivity index (χ0) is 19.8. The Morgan fingerprint density at radius 3 is 2.83 bits per heavy atom. The molecule has 0 unspecified atom stereocenters. The minimum absolute atomic E-state index is 0.00725. The maximum atomic E-state index is 12.6. The van der Waals surface area contributed by atoms with Gasteiger partial charge >= 0.3 is 0 Å². The van der Waals surface area contributed by atoms with Crippen molar-refractivity contribution in [1.29, 1.82) is 0 Å². The number of benzene rings is 1. The third kappa shape index (κ3) is 3.80. The first-order valence-corrected chi connectivity index (χ1v) is 11.1. The topological polar surface area (TPSA) is 48.6 Å². The molecule has 4 atom stereocenters. The smallest absolute Gasteiger partial charge is 0.251 e. The molecule has 0 spiro atoms. The van der Waals surface area contributed by atoms with E-state index in [1.54, 1.807) is 6.07 Å². The summed E-state index contributed by atoms with van der Waals surface area (Å²) in [6.07, 6.45) is 5.21. The van der Waals surface area contributed by atoms with E-state index in [4.69, 9.17) is 4.74 Å². The van der Waals surface area contributed by atoms with Gasteiger partial charge in [-0.15, -0.1) is 0 Å². The minimum Gasteiger partial charge on any atom is -0.375 e. The average Bonchev–Trinajstić information content (AvgIpc) is 3.31. The maximum Gasteiger partial charge on any atom is 0.251 e. The van der Waals surface area contributed by atoms with Crippen molar-refractivity contribution in [2.24, 2.45) is 11.8 Å². The van der Waals surface area contributed by atoms with E-state index in [9.17, 15) is 4.79 Å². The molecule has 1 aliphatic carbocycles. The highest BCUT2D eigenvalue weighted by molar-refractivity contribution is 5.56. The summed E-state index contributed by atoms with van der Waals surface area (Å²) in [5.41, 5.74) is 2.40. The number of morpholine rings is 1. The number of aromatic nitrogens is 1. The second-order valence-electron chi connectivity index (χ2n) is 8.98. The SMILES string of the molecule is C[C@@H]1CN(c2cc(N3C[C@@H]4CCC[C@@H]4[C@@H]3Cc3ccccc3)[nH]c(=O)c2)CCO1. The number of fused-ring (bicyclic) bond motifs is 1. The van der Waals surface area contributed by atoms with E-state index in [1.165, 1.54) is 24.8 Å². The number of rotatable bonds is 4. The van der Waals surface area contributed by atoms with E-state index in [-0.39, 0.29) is 11.7 Å². The zero-order valence-corrected chi connectivity index (χ0v) is 17.2. The van der Waals surface area contributed by atoms with Gasteiger partial charge in [0.1, 0.15) is 5.82 Å². The number of nitrogens with zero attached hydrogens (tertiary/aromatic N) is 2. The van der Waals surface area contributed by atoms with Crippen LogP contribution >= 0.6 is 0 Å². The second-order valence-corrected chi connectivity index (χ2v) is 8.98. The van der Waals surface area contributed by atoms with Crippen molar-refractivity contribution in [3.8, 4) is 0 Å². The molecule has 3 aliphatic rings. The number of aromatic amines is 1. The van der Waals surface area contributed by atoms with Crippen LogP contribution in [0.15, 0.2) is 47.3 Å². The molecule has 1 aromatic heterocycles. The summed E-state index contributed by atoms with van der Waals surface area (Å²) in [6.45, 7) is 5.54. The highest BCUT2D eigenvalue weighted by atomic mass is 16.5. The lowest BCUT2D eigenvalue weighted by Crippen LogP contribution is -2.42. The quantitative estimate of drug-likeness (QED) is 0.864. The van der Waals surface area contributed by atoms with E-state index in [0.717, 1.165) is 49.4 Å². The molecule has 0 radical (unpaired) electrons. The van der Waals surface area contributed by atoms with Crippen LogP contribution in [0.4, 0.5) is 11.5 Å². The van der Waals surface area contributed by atoms with Crippen LogP contribution in [0.25, 0.3) is 0 Å². The molecule has 2 aliphatic heterocycles. The van der Waals surface area contributed by atoms with Crippen LogP contribution in [0.1, 0.15) is 31.7 Å². The number of hydrogen-bond donors (Lipinski definition) is 1. The van der Waals surface area contributed by atoms with Gasteiger partial charge in [0, 0.05) is 43.5 Å². The van der Waals surface area contributed by atoms with Crippen LogP contribution in [-0.2, 0) is 11.2 Å². The van der Waals surface area contributed by atoms with Crippen LogP contribution in [0, 0.1) is 11.8 Å². The number of ether oxygens (including phenoxy) is 1. The Balaban J connectivity index is 1.45. The van der Waals surface area contributed by atoms with Crippen LogP contribution in [-0.4, -0.2) is 43.4 Å². The molecule has 154 valence electrons. The molecule has 29 heavy (non-hydrogen) atoms. The van der Waals surface area contributed by atoms with Crippen molar-refractivity contribution in [3.63, 3.8) is 0 Å². The molecule has 5 rings (SSSR count). The van der Waals surface area contributed by atoms with E-state index in [2.05, 4.69) is 58.1 Å². The first kappa shape index (κ1) is 18.7. The van der Waals surface area contributed by atoms with Crippen molar-refractivity contribution >= 4 is 11.5 Å². The summed E-state index contributed by atoms with van der Waals surface area (Å²) in [5, 5.41) is 0. The number of hydrogen-bond acceptors (Lipinski definition) is 4. The van der Waals surface area contributed by atoms with Crippen molar-refractivity contribution < 1.29 is 4.74 Å². The van der Waals surface area contributed by atoms with Gasteiger partial charge in [-0.3, -0.25) is 4.79 Å². The van der Waals surface area contributed by atoms with Gasteiger partial charge < -0.3 is 19.5 Å². The van der Waals surface area contributed by atoms with Crippen LogP contribution < -0.4 is 15.4 Å². The lowest BCUT2D eigenvalue weighted by Gasteiger charge is -2.34. The molecular formula is C24H31N3O2. The fraction of sp³-hybridized carbons (Fsp3) is 0.542. The Hall–Kier alpha value is -2.27. The van der Waals surface area contributed by atoms with Crippen molar-refractivity contribution in [1.82, 2.24) is 4.98 Å². The Morgan fingerprint density at radius 2 is 2.00 bits per heavy atom. The van der Waals surface area contributed by atoms with Crippen molar-refractivity contribution in [3.05, 3.63) is 58.4 Å². The first-order chi connectivity index (χ1) is 14.2.